The predicted molar refractivity (Wildman–Crippen MR) is 112 cm³/mol. The number of phenols is 1. The third-order valence-corrected chi connectivity index (χ3v) is 4.75. The molecule has 2 aromatic heterocycles. The largest absolute Gasteiger partial charge is 0.507 e. The van der Waals surface area contributed by atoms with Crippen LogP contribution >= 0.6 is 0 Å². The molecule has 0 atom stereocenters. The maximum atomic E-state index is 13.1. The van der Waals surface area contributed by atoms with E-state index in [9.17, 15) is 9.90 Å². The van der Waals surface area contributed by atoms with E-state index < -0.39 is 0 Å². The molecule has 0 aliphatic heterocycles. The number of aromatic nitrogens is 2. The summed E-state index contributed by atoms with van der Waals surface area (Å²) in [5.41, 5.74) is 0.759. The molecule has 140 valence electrons. The number of furan rings is 1. The Morgan fingerprint density at radius 2 is 1.72 bits per heavy atom. The maximum absolute atomic E-state index is 13.1. The predicted octanol–water partition coefficient (Wildman–Crippen LogP) is 4.40. The third-order valence-electron chi connectivity index (χ3n) is 4.75. The van der Waals surface area contributed by atoms with Crippen LogP contribution < -0.4 is 5.56 Å². The molecule has 6 heteroatoms. The van der Waals surface area contributed by atoms with Gasteiger partial charge in [-0.25, -0.2) is 4.98 Å². The van der Waals surface area contributed by atoms with E-state index in [-0.39, 0.29) is 17.1 Å². The zero-order chi connectivity index (χ0) is 19.8. The summed E-state index contributed by atoms with van der Waals surface area (Å²) in [6, 6.07) is 21.6. The molecule has 1 N–H and O–H groups in total. The van der Waals surface area contributed by atoms with Gasteiger partial charge >= 0.3 is 0 Å². The molecule has 3 aromatic carbocycles. The van der Waals surface area contributed by atoms with Gasteiger partial charge in [0.25, 0.3) is 5.56 Å². The lowest BCUT2D eigenvalue weighted by molar-refractivity contribution is 0.475. The van der Waals surface area contributed by atoms with Crippen molar-refractivity contribution in [2.24, 2.45) is 5.10 Å². The van der Waals surface area contributed by atoms with Crippen molar-refractivity contribution in [2.75, 3.05) is 0 Å². The lowest BCUT2D eigenvalue weighted by atomic mass is 10.0. The van der Waals surface area contributed by atoms with Gasteiger partial charge in [0.05, 0.1) is 23.4 Å². The van der Waals surface area contributed by atoms with Crippen molar-refractivity contribution in [2.45, 2.75) is 0 Å². The normalized spacial score (nSPS) is 11.6. The van der Waals surface area contributed by atoms with Gasteiger partial charge in [-0.1, -0.05) is 42.5 Å². The number of para-hydroxylation sites is 1. The molecule has 6 nitrogen and oxygen atoms in total. The van der Waals surface area contributed by atoms with Gasteiger partial charge in [-0.05, 0) is 41.1 Å². The van der Waals surface area contributed by atoms with Crippen LogP contribution in [0.15, 0.2) is 93.4 Å². The van der Waals surface area contributed by atoms with Crippen LogP contribution in [0.25, 0.3) is 33.3 Å². The molecule has 5 rings (SSSR count). The summed E-state index contributed by atoms with van der Waals surface area (Å²) >= 11 is 0. The molecular weight excluding hydrogens is 366 g/mol. The first kappa shape index (κ1) is 16.9. The summed E-state index contributed by atoms with van der Waals surface area (Å²) in [5.74, 6) is 0.788. The van der Waals surface area contributed by atoms with E-state index in [0.717, 1.165) is 10.8 Å². The van der Waals surface area contributed by atoms with Crippen LogP contribution in [-0.4, -0.2) is 21.0 Å². The van der Waals surface area contributed by atoms with Crippen molar-refractivity contribution in [3.8, 4) is 17.3 Å². The van der Waals surface area contributed by atoms with Gasteiger partial charge in [-0.15, -0.1) is 0 Å². The SMILES string of the molecule is O=c1c2ccccc2nc(-c2ccco2)n1N=Cc1c(O)ccc2ccccc12. The number of hydrogen-bond donors (Lipinski definition) is 1. The number of hydrogen-bond acceptors (Lipinski definition) is 5. The smallest absolute Gasteiger partial charge is 0.282 e. The summed E-state index contributed by atoms with van der Waals surface area (Å²) in [6.45, 7) is 0. The average Bonchev–Trinajstić information content (AvgIpc) is 3.29. The average molecular weight is 381 g/mol. The minimum atomic E-state index is -0.321. The van der Waals surface area contributed by atoms with E-state index in [1.807, 2.05) is 36.4 Å². The van der Waals surface area contributed by atoms with Gasteiger partial charge < -0.3 is 9.52 Å². The van der Waals surface area contributed by atoms with Gasteiger partial charge in [0, 0.05) is 5.56 Å². The van der Waals surface area contributed by atoms with Crippen LogP contribution in [0.3, 0.4) is 0 Å². The number of aromatic hydroxyl groups is 1. The van der Waals surface area contributed by atoms with E-state index in [2.05, 4.69) is 10.1 Å². The third kappa shape index (κ3) is 2.87. The van der Waals surface area contributed by atoms with Crippen molar-refractivity contribution in [3.05, 3.63) is 95.0 Å². The highest BCUT2D eigenvalue weighted by atomic mass is 16.3. The molecule has 29 heavy (non-hydrogen) atoms. The topological polar surface area (TPSA) is 80.6 Å². The molecule has 0 amide bonds. The molecule has 5 aromatic rings. The van der Waals surface area contributed by atoms with Crippen LogP contribution in [0.2, 0.25) is 0 Å². The highest BCUT2D eigenvalue weighted by Crippen LogP contribution is 2.26. The highest BCUT2D eigenvalue weighted by Gasteiger charge is 2.14. The minimum absolute atomic E-state index is 0.0776. The molecule has 0 radical (unpaired) electrons. The lowest BCUT2D eigenvalue weighted by Crippen LogP contribution is -2.20. The minimum Gasteiger partial charge on any atom is -0.507 e. The second-order valence-corrected chi connectivity index (χ2v) is 6.51. The molecule has 0 unspecified atom stereocenters. The van der Waals surface area contributed by atoms with Crippen LogP contribution in [0.4, 0.5) is 0 Å². The van der Waals surface area contributed by atoms with E-state index >= 15 is 0 Å². The van der Waals surface area contributed by atoms with Gasteiger partial charge in [-0.2, -0.15) is 9.78 Å². The second-order valence-electron chi connectivity index (χ2n) is 6.51. The van der Waals surface area contributed by atoms with Crippen molar-refractivity contribution < 1.29 is 9.52 Å². The summed E-state index contributed by atoms with van der Waals surface area (Å²) in [5, 5.41) is 17.0. The van der Waals surface area contributed by atoms with Crippen LogP contribution in [0.5, 0.6) is 5.75 Å². The number of phenolic OH excluding ortho intramolecular Hbond substituents is 1. The summed E-state index contributed by atoms with van der Waals surface area (Å²) < 4.78 is 6.66. The fraction of sp³-hybridized carbons (Fsp3) is 0. The molecule has 0 fully saturated rings. The van der Waals surface area contributed by atoms with Gasteiger partial charge in [-0.3, -0.25) is 4.79 Å². The number of fused-ring (bicyclic) bond motifs is 2. The van der Waals surface area contributed by atoms with E-state index in [1.54, 1.807) is 36.4 Å². The van der Waals surface area contributed by atoms with Crippen molar-refractivity contribution in [3.63, 3.8) is 0 Å². The monoisotopic (exact) mass is 381 g/mol. The first-order chi connectivity index (χ1) is 14.2. The number of nitrogens with zero attached hydrogens (tertiary/aromatic N) is 3. The Balaban J connectivity index is 1.76. The zero-order valence-electron chi connectivity index (χ0n) is 15.2. The molecule has 0 bridgehead atoms. The fourth-order valence-electron chi connectivity index (χ4n) is 3.33. The van der Waals surface area contributed by atoms with Gasteiger partial charge in [0.1, 0.15) is 5.75 Å². The van der Waals surface area contributed by atoms with Gasteiger partial charge in [0.2, 0.25) is 5.82 Å². The molecule has 0 saturated carbocycles. The second kappa shape index (κ2) is 6.76. The Hall–Kier alpha value is -4.19. The zero-order valence-corrected chi connectivity index (χ0v) is 15.2. The van der Waals surface area contributed by atoms with E-state index in [1.165, 1.54) is 17.2 Å². The first-order valence-corrected chi connectivity index (χ1v) is 9.03. The summed E-state index contributed by atoms with van der Waals surface area (Å²) in [7, 11) is 0. The van der Waals surface area contributed by atoms with Crippen LogP contribution in [0, 0.1) is 0 Å². The number of rotatable bonds is 3. The molecular formula is C23H15N3O3. The summed E-state index contributed by atoms with van der Waals surface area (Å²) in [4.78, 5) is 17.7. The van der Waals surface area contributed by atoms with Crippen molar-refractivity contribution in [1.29, 1.82) is 0 Å². The quantitative estimate of drug-likeness (QED) is 0.470. The molecule has 0 spiro atoms. The van der Waals surface area contributed by atoms with E-state index in [4.69, 9.17) is 4.42 Å². The van der Waals surface area contributed by atoms with Gasteiger partial charge in [0.15, 0.2) is 5.76 Å². The van der Waals surface area contributed by atoms with Crippen molar-refractivity contribution in [1.82, 2.24) is 9.66 Å². The molecule has 2 heterocycles. The first-order valence-electron chi connectivity index (χ1n) is 9.03. The van der Waals surface area contributed by atoms with Crippen molar-refractivity contribution >= 4 is 27.9 Å². The number of benzene rings is 3. The standard InChI is InChI=1S/C23H15N3O3/c27-20-12-11-15-6-1-2-7-16(15)18(20)14-24-26-22(21-10-5-13-29-21)25-19-9-4-3-8-17(19)23(26)28/h1-14,27H. The highest BCUT2D eigenvalue weighted by molar-refractivity contribution is 6.02. The lowest BCUT2D eigenvalue weighted by Gasteiger charge is -2.08. The van der Waals surface area contributed by atoms with Crippen LogP contribution in [-0.2, 0) is 0 Å². The molecule has 0 aliphatic carbocycles. The molecule has 0 saturated heterocycles. The van der Waals surface area contributed by atoms with Crippen LogP contribution in [0.1, 0.15) is 5.56 Å². The summed E-state index contributed by atoms with van der Waals surface area (Å²) in [6.07, 6.45) is 2.99. The Morgan fingerprint density at radius 3 is 2.55 bits per heavy atom. The Kier molecular flexibility index (Phi) is 3.95. The molecule has 0 aliphatic rings. The Morgan fingerprint density at radius 1 is 0.931 bits per heavy atom. The Bertz CT molecular complexity index is 1430. The Labute approximate surface area is 165 Å². The fourth-order valence-corrected chi connectivity index (χ4v) is 3.33. The van der Waals surface area contributed by atoms with E-state index in [0.29, 0.717) is 22.2 Å². The maximum Gasteiger partial charge on any atom is 0.282 e.